The van der Waals surface area contributed by atoms with E-state index in [0.29, 0.717) is 11.5 Å². The predicted octanol–water partition coefficient (Wildman–Crippen LogP) is 2.98. The van der Waals surface area contributed by atoms with Crippen LogP contribution in [0.15, 0.2) is 24.3 Å². The van der Waals surface area contributed by atoms with Gasteiger partial charge in [-0.25, -0.2) is 4.39 Å². The molecule has 0 saturated carbocycles. The molecule has 0 aromatic heterocycles. The summed E-state index contributed by atoms with van der Waals surface area (Å²) in [7, 11) is 3.48. The number of rotatable bonds is 6. The second-order valence-corrected chi connectivity index (χ2v) is 5.82. The molecule has 2 unspecified atom stereocenters. The number of hydrogen-bond donors (Lipinski definition) is 1. The smallest absolute Gasteiger partial charge is 0.239 e. The Kier molecular flexibility index (Phi) is 6.14. The molecule has 1 N–H and O–H groups in total. The second kappa shape index (κ2) is 7.39. The fourth-order valence-electron chi connectivity index (χ4n) is 2.24. The molecule has 0 aliphatic rings. The van der Waals surface area contributed by atoms with Gasteiger partial charge < -0.3 is 4.90 Å². The molecular formula is C16H25FN2O. The predicted molar refractivity (Wildman–Crippen MR) is 79.9 cm³/mol. The Balaban J connectivity index is 2.84. The molecule has 0 radical (unpaired) electrons. The summed E-state index contributed by atoms with van der Waals surface area (Å²) in [6, 6.07) is 6.17. The number of benzene rings is 1. The molecule has 1 amide bonds. The van der Waals surface area contributed by atoms with Crippen LogP contribution in [0, 0.1) is 11.7 Å². The number of likely N-dealkylation sites (N-methyl/N-ethyl adjacent to an activating group) is 1. The average Bonchev–Trinajstić information content (AvgIpc) is 2.36. The van der Waals surface area contributed by atoms with E-state index in [2.05, 4.69) is 19.2 Å². The molecule has 0 bridgehead atoms. The van der Waals surface area contributed by atoms with E-state index in [1.165, 1.54) is 6.07 Å². The van der Waals surface area contributed by atoms with Gasteiger partial charge >= 0.3 is 0 Å². The van der Waals surface area contributed by atoms with E-state index in [0.717, 1.165) is 6.42 Å². The maximum Gasteiger partial charge on any atom is 0.239 e. The molecule has 1 aromatic rings. The van der Waals surface area contributed by atoms with Crippen LogP contribution >= 0.6 is 0 Å². The van der Waals surface area contributed by atoms with Crippen molar-refractivity contribution < 1.29 is 9.18 Å². The molecule has 20 heavy (non-hydrogen) atoms. The Labute approximate surface area is 121 Å². The highest BCUT2D eigenvalue weighted by molar-refractivity contribution is 5.81. The quantitative estimate of drug-likeness (QED) is 0.869. The Morgan fingerprint density at radius 1 is 1.25 bits per heavy atom. The zero-order chi connectivity index (χ0) is 15.3. The van der Waals surface area contributed by atoms with E-state index in [1.807, 2.05) is 13.0 Å². The maximum absolute atomic E-state index is 13.8. The fraction of sp³-hybridized carbons (Fsp3) is 0.562. The summed E-state index contributed by atoms with van der Waals surface area (Å²) in [5.74, 6) is 0.180. The van der Waals surface area contributed by atoms with Crippen LogP contribution in [0.2, 0.25) is 0 Å². The first-order valence-electron chi connectivity index (χ1n) is 7.04. The number of nitrogens with one attached hydrogen (secondary N) is 1. The Morgan fingerprint density at radius 3 is 2.35 bits per heavy atom. The van der Waals surface area contributed by atoms with E-state index in [1.54, 1.807) is 31.1 Å². The summed E-state index contributed by atoms with van der Waals surface area (Å²) >= 11 is 0. The van der Waals surface area contributed by atoms with E-state index in [4.69, 9.17) is 0 Å². The lowest BCUT2D eigenvalue weighted by molar-refractivity contribution is -0.131. The molecule has 0 saturated heterocycles. The minimum absolute atomic E-state index is 0.0295. The van der Waals surface area contributed by atoms with E-state index in [-0.39, 0.29) is 23.8 Å². The third-order valence-corrected chi connectivity index (χ3v) is 3.27. The molecule has 112 valence electrons. The highest BCUT2D eigenvalue weighted by atomic mass is 19.1. The molecule has 2 atom stereocenters. The van der Waals surface area contributed by atoms with Crippen molar-refractivity contribution in [3.05, 3.63) is 35.6 Å². The summed E-state index contributed by atoms with van der Waals surface area (Å²) < 4.78 is 13.8. The van der Waals surface area contributed by atoms with Crippen LogP contribution in [0.5, 0.6) is 0 Å². The minimum atomic E-state index is -0.292. The van der Waals surface area contributed by atoms with Gasteiger partial charge in [0.1, 0.15) is 5.82 Å². The van der Waals surface area contributed by atoms with Crippen LogP contribution in [-0.2, 0) is 4.79 Å². The zero-order valence-corrected chi connectivity index (χ0v) is 13.0. The van der Waals surface area contributed by atoms with Gasteiger partial charge in [0.05, 0.1) is 6.04 Å². The lowest BCUT2D eigenvalue weighted by Crippen LogP contribution is -2.45. The van der Waals surface area contributed by atoms with Gasteiger partial charge in [-0.2, -0.15) is 0 Å². The van der Waals surface area contributed by atoms with E-state index < -0.39 is 0 Å². The van der Waals surface area contributed by atoms with Gasteiger partial charge in [-0.1, -0.05) is 32.0 Å². The van der Waals surface area contributed by atoms with Gasteiger partial charge in [0.2, 0.25) is 5.91 Å². The average molecular weight is 280 g/mol. The van der Waals surface area contributed by atoms with Crippen molar-refractivity contribution in [2.24, 2.45) is 5.92 Å². The molecule has 0 aliphatic carbocycles. The van der Waals surface area contributed by atoms with Gasteiger partial charge in [0.15, 0.2) is 0 Å². The van der Waals surface area contributed by atoms with Crippen LogP contribution in [0.4, 0.5) is 4.39 Å². The van der Waals surface area contributed by atoms with Crippen LogP contribution in [0.3, 0.4) is 0 Å². The second-order valence-electron chi connectivity index (χ2n) is 5.82. The molecule has 3 nitrogen and oxygen atoms in total. The summed E-state index contributed by atoms with van der Waals surface area (Å²) in [4.78, 5) is 13.8. The number of carbonyl (C=O) groups is 1. The first-order chi connectivity index (χ1) is 9.32. The number of nitrogens with zero attached hydrogens (tertiary/aromatic N) is 1. The number of halogens is 1. The monoisotopic (exact) mass is 280 g/mol. The van der Waals surface area contributed by atoms with Crippen molar-refractivity contribution in [2.75, 3.05) is 14.1 Å². The summed E-state index contributed by atoms with van der Waals surface area (Å²) in [5.41, 5.74) is 0.591. The first kappa shape index (κ1) is 16.6. The van der Waals surface area contributed by atoms with Crippen molar-refractivity contribution in [2.45, 2.75) is 39.3 Å². The molecule has 4 heteroatoms. The molecule has 0 heterocycles. The third-order valence-electron chi connectivity index (χ3n) is 3.27. The van der Waals surface area contributed by atoms with Crippen molar-refractivity contribution in [3.63, 3.8) is 0 Å². The van der Waals surface area contributed by atoms with E-state index in [9.17, 15) is 9.18 Å². The van der Waals surface area contributed by atoms with Crippen molar-refractivity contribution in [3.8, 4) is 0 Å². The van der Waals surface area contributed by atoms with Gasteiger partial charge in [-0.15, -0.1) is 0 Å². The van der Waals surface area contributed by atoms with Gasteiger partial charge in [-0.05, 0) is 25.3 Å². The lowest BCUT2D eigenvalue weighted by atomic mass is 10.00. The first-order valence-corrected chi connectivity index (χ1v) is 7.04. The normalized spacial score (nSPS) is 14.2. The summed E-state index contributed by atoms with van der Waals surface area (Å²) in [6.07, 6.45) is 0.732. The molecule has 1 aromatic carbocycles. The van der Waals surface area contributed by atoms with Crippen LogP contribution in [0.25, 0.3) is 0 Å². The number of amides is 1. The van der Waals surface area contributed by atoms with Gasteiger partial charge in [-0.3, -0.25) is 10.1 Å². The Bertz CT molecular complexity index is 446. The lowest BCUT2D eigenvalue weighted by Gasteiger charge is -2.26. The van der Waals surface area contributed by atoms with Crippen LogP contribution in [0.1, 0.15) is 38.8 Å². The minimum Gasteiger partial charge on any atom is -0.347 e. The van der Waals surface area contributed by atoms with Gasteiger partial charge in [0, 0.05) is 25.7 Å². The van der Waals surface area contributed by atoms with Crippen LogP contribution in [-0.4, -0.2) is 30.9 Å². The molecular weight excluding hydrogens is 255 g/mol. The zero-order valence-electron chi connectivity index (χ0n) is 13.0. The molecule has 0 aliphatic heterocycles. The van der Waals surface area contributed by atoms with Crippen LogP contribution < -0.4 is 5.32 Å². The molecule has 0 fully saturated rings. The molecule has 0 spiro atoms. The highest BCUT2D eigenvalue weighted by Crippen LogP contribution is 2.18. The number of carbonyl (C=O) groups excluding carboxylic acids is 1. The van der Waals surface area contributed by atoms with E-state index >= 15 is 0 Å². The van der Waals surface area contributed by atoms with Gasteiger partial charge in [0.25, 0.3) is 0 Å². The van der Waals surface area contributed by atoms with Crippen molar-refractivity contribution in [1.82, 2.24) is 10.2 Å². The topological polar surface area (TPSA) is 32.3 Å². The third kappa shape index (κ3) is 4.60. The SMILES string of the molecule is CC(C)CC(NC(C)c1ccccc1F)C(=O)N(C)C. The Hall–Kier alpha value is -1.42. The molecule has 1 rings (SSSR count). The maximum atomic E-state index is 13.8. The highest BCUT2D eigenvalue weighted by Gasteiger charge is 2.24. The standard InChI is InChI=1S/C16H25FN2O/c1-11(2)10-15(16(20)19(4)5)18-12(3)13-8-6-7-9-14(13)17/h6-9,11-12,15,18H,10H2,1-5H3. The largest absolute Gasteiger partial charge is 0.347 e. The Morgan fingerprint density at radius 2 is 1.85 bits per heavy atom. The number of hydrogen-bond acceptors (Lipinski definition) is 2. The summed E-state index contributed by atoms with van der Waals surface area (Å²) in [5, 5.41) is 3.26. The fourth-order valence-corrected chi connectivity index (χ4v) is 2.24. The summed E-state index contributed by atoms with van der Waals surface area (Å²) in [6.45, 7) is 6.03. The van der Waals surface area contributed by atoms with Crippen molar-refractivity contribution >= 4 is 5.91 Å². The van der Waals surface area contributed by atoms with Crippen molar-refractivity contribution in [1.29, 1.82) is 0 Å².